The Morgan fingerprint density at radius 2 is 2.04 bits per heavy atom. The van der Waals surface area contributed by atoms with Crippen LogP contribution in [-0.4, -0.2) is 32.4 Å². The van der Waals surface area contributed by atoms with Gasteiger partial charge >= 0.3 is 0 Å². The van der Waals surface area contributed by atoms with E-state index in [0.717, 1.165) is 39.9 Å². The van der Waals surface area contributed by atoms with Crippen LogP contribution in [-0.2, 0) is 13.0 Å². The first-order chi connectivity index (χ1) is 12.3. The summed E-state index contributed by atoms with van der Waals surface area (Å²) < 4.78 is 7.95. The monoisotopic (exact) mass is 335 g/mol. The summed E-state index contributed by atoms with van der Waals surface area (Å²) in [6.07, 6.45) is 2.10. The molecular weight excluding hydrogens is 314 g/mol. The molecule has 4 rings (SSSR count). The number of aryl methyl sites for hydroxylation is 1. The van der Waals surface area contributed by atoms with Crippen molar-refractivity contribution in [3.63, 3.8) is 0 Å². The quantitative estimate of drug-likeness (QED) is 0.567. The lowest BCUT2D eigenvalue weighted by atomic mass is 10.2. The van der Waals surface area contributed by atoms with Crippen LogP contribution in [0.4, 0.5) is 0 Å². The molecule has 0 aliphatic heterocycles. The van der Waals surface area contributed by atoms with E-state index in [0.29, 0.717) is 6.54 Å². The number of nitrogens with one attached hydrogen (secondary N) is 1. The van der Waals surface area contributed by atoms with Crippen LogP contribution >= 0.6 is 0 Å². The summed E-state index contributed by atoms with van der Waals surface area (Å²) in [7, 11) is 0. The highest BCUT2D eigenvalue weighted by Crippen LogP contribution is 2.24. The number of fused-ring (bicyclic) bond motifs is 2. The van der Waals surface area contributed by atoms with E-state index in [4.69, 9.17) is 4.74 Å². The highest BCUT2D eigenvalue weighted by Gasteiger charge is 2.14. The molecule has 0 aliphatic rings. The third-order valence-electron chi connectivity index (χ3n) is 4.43. The Kier molecular flexibility index (Phi) is 4.15. The first-order valence-corrected chi connectivity index (χ1v) is 8.57. The third-order valence-corrected chi connectivity index (χ3v) is 4.43. The van der Waals surface area contributed by atoms with Gasteiger partial charge < -0.3 is 19.4 Å². The second-order valence-electron chi connectivity index (χ2n) is 6.14. The summed E-state index contributed by atoms with van der Waals surface area (Å²) in [4.78, 5) is 7.81. The largest absolute Gasteiger partial charge is 0.490 e. The van der Waals surface area contributed by atoms with Crippen LogP contribution in [0.3, 0.4) is 0 Å². The van der Waals surface area contributed by atoms with E-state index in [-0.39, 0.29) is 6.61 Å². The van der Waals surface area contributed by atoms with Gasteiger partial charge in [0.2, 0.25) is 0 Å². The van der Waals surface area contributed by atoms with E-state index in [9.17, 15) is 5.11 Å². The maximum atomic E-state index is 10.5. The average molecular weight is 335 g/mol. The molecule has 5 heteroatoms. The number of aromatic amines is 1. The molecule has 128 valence electrons. The Morgan fingerprint density at radius 1 is 1.16 bits per heavy atom. The Balaban J connectivity index is 1.51. The normalized spacial score (nSPS) is 12.7. The molecule has 4 aromatic rings. The number of hydrogen-bond donors (Lipinski definition) is 2. The fraction of sp³-hybridized carbons (Fsp3) is 0.250. The predicted octanol–water partition coefficient (Wildman–Crippen LogP) is 3.52. The van der Waals surface area contributed by atoms with Gasteiger partial charge in [-0.2, -0.15) is 0 Å². The lowest BCUT2D eigenvalue weighted by Gasteiger charge is -2.15. The Bertz CT molecular complexity index is 1000. The van der Waals surface area contributed by atoms with Crippen LogP contribution < -0.4 is 4.74 Å². The fourth-order valence-electron chi connectivity index (χ4n) is 3.23. The molecule has 0 amide bonds. The lowest BCUT2D eigenvalue weighted by molar-refractivity contribution is 0.0935. The summed E-state index contributed by atoms with van der Waals surface area (Å²) in [5.74, 6) is 1.76. The topological polar surface area (TPSA) is 63.1 Å². The van der Waals surface area contributed by atoms with Gasteiger partial charge in [-0.15, -0.1) is 0 Å². The number of H-pyrrole nitrogens is 1. The predicted molar refractivity (Wildman–Crippen MR) is 98.9 cm³/mol. The van der Waals surface area contributed by atoms with Crippen molar-refractivity contribution in [1.29, 1.82) is 0 Å². The molecule has 2 aromatic heterocycles. The molecule has 1 atom stereocenters. The molecule has 2 heterocycles. The van der Waals surface area contributed by atoms with Crippen molar-refractivity contribution in [2.45, 2.75) is 26.0 Å². The number of hydrogen-bond acceptors (Lipinski definition) is 3. The Hall–Kier alpha value is -2.79. The number of nitrogens with zero attached hydrogens (tertiary/aromatic N) is 2. The molecular formula is C20H21N3O2. The number of benzene rings is 2. The Morgan fingerprint density at radius 3 is 2.92 bits per heavy atom. The van der Waals surface area contributed by atoms with Gasteiger partial charge in [0.25, 0.3) is 0 Å². The van der Waals surface area contributed by atoms with Crippen molar-refractivity contribution in [2.24, 2.45) is 0 Å². The van der Waals surface area contributed by atoms with Gasteiger partial charge in [-0.25, -0.2) is 4.98 Å². The van der Waals surface area contributed by atoms with Crippen molar-refractivity contribution < 1.29 is 9.84 Å². The summed E-state index contributed by atoms with van der Waals surface area (Å²) in [5.41, 5.74) is 3.04. The van der Waals surface area contributed by atoms with Crippen molar-refractivity contribution in [3.05, 3.63) is 60.6 Å². The van der Waals surface area contributed by atoms with Crippen molar-refractivity contribution >= 4 is 21.9 Å². The van der Waals surface area contributed by atoms with Crippen LogP contribution in [0.25, 0.3) is 21.9 Å². The minimum absolute atomic E-state index is 0.236. The first-order valence-electron chi connectivity index (χ1n) is 8.57. The molecule has 5 nitrogen and oxygen atoms in total. The fourth-order valence-corrected chi connectivity index (χ4v) is 3.23. The average Bonchev–Trinajstić information content (AvgIpc) is 3.25. The zero-order valence-corrected chi connectivity index (χ0v) is 14.1. The number of ether oxygens (including phenoxy) is 1. The molecule has 0 radical (unpaired) electrons. The van der Waals surface area contributed by atoms with Gasteiger partial charge in [-0.1, -0.05) is 25.1 Å². The number of aliphatic hydroxyl groups excluding tert-OH is 1. The number of imidazole rings is 1. The molecule has 0 aliphatic carbocycles. The third kappa shape index (κ3) is 2.98. The smallest absolute Gasteiger partial charge is 0.128 e. The van der Waals surface area contributed by atoms with Gasteiger partial charge in [0, 0.05) is 23.5 Å². The molecule has 0 saturated heterocycles. The van der Waals surface area contributed by atoms with Crippen LogP contribution in [0.15, 0.2) is 54.7 Å². The van der Waals surface area contributed by atoms with Gasteiger partial charge in [-0.05, 0) is 30.3 Å². The van der Waals surface area contributed by atoms with Crippen LogP contribution in [0, 0.1) is 0 Å². The Labute approximate surface area is 145 Å². The van der Waals surface area contributed by atoms with Gasteiger partial charge in [0.1, 0.15) is 24.3 Å². The molecule has 2 aromatic carbocycles. The van der Waals surface area contributed by atoms with Gasteiger partial charge in [0.15, 0.2) is 0 Å². The van der Waals surface area contributed by atoms with Gasteiger partial charge in [-0.3, -0.25) is 0 Å². The maximum absolute atomic E-state index is 10.5. The first kappa shape index (κ1) is 15.7. The molecule has 2 N–H and O–H groups in total. The second-order valence-corrected chi connectivity index (χ2v) is 6.14. The number of para-hydroxylation sites is 2. The molecule has 1 unspecified atom stereocenters. The van der Waals surface area contributed by atoms with Crippen LogP contribution in [0.5, 0.6) is 5.75 Å². The number of aliphatic hydroxyl groups is 1. The van der Waals surface area contributed by atoms with Gasteiger partial charge in [0.05, 0.1) is 17.6 Å². The molecule has 0 bridgehead atoms. The minimum Gasteiger partial charge on any atom is -0.490 e. The second kappa shape index (κ2) is 6.61. The van der Waals surface area contributed by atoms with E-state index in [1.165, 1.54) is 0 Å². The SMILES string of the molecule is CCc1nc2ccccc2n1CC(O)COc1cccc2[nH]ccc12. The van der Waals surface area contributed by atoms with Crippen molar-refractivity contribution in [3.8, 4) is 5.75 Å². The minimum atomic E-state index is -0.614. The summed E-state index contributed by atoms with van der Waals surface area (Å²) in [6, 6.07) is 15.9. The molecule has 25 heavy (non-hydrogen) atoms. The van der Waals surface area contributed by atoms with Crippen LogP contribution in [0.2, 0.25) is 0 Å². The summed E-state index contributed by atoms with van der Waals surface area (Å²) in [6.45, 7) is 2.78. The van der Waals surface area contributed by atoms with E-state index >= 15 is 0 Å². The molecule has 0 fully saturated rings. The summed E-state index contributed by atoms with van der Waals surface area (Å²) >= 11 is 0. The zero-order valence-electron chi connectivity index (χ0n) is 14.1. The maximum Gasteiger partial charge on any atom is 0.128 e. The summed E-state index contributed by atoms with van der Waals surface area (Å²) in [5, 5.41) is 11.5. The van der Waals surface area contributed by atoms with E-state index < -0.39 is 6.10 Å². The highest BCUT2D eigenvalue weighted by molar-refractivity contribution is 5.85. The standard InChI is InChI=1S/C20H21N3O2/c1-2-20-22-17-6-3-4-8-18(17)23(20)12-14(24)13-25-19-9-5-7-16-15(19)10-11-21-16/h3-11,14,21,24H,2,12-13H2,1H3. The lowest BCUT2D eigenvalue weighted by Crippen LogP contribution is -2.24. The zero-order chi connectivity index (χ0) is 17.2. The van der Waals surface area contributed by atoms with E-state index in [2.05, 4.69) is 21.5 Å². The van der Waals surface area contributed by atoms with E-state index in [1.807, 2.05) is 54.7 Å². The van der Waals surface area contributed by atoms with Crippen molar-refractivity contribution in [2.75, 3.05) is 6.61 Å². The molecule has 0 saturated carbocycles. The van der Waals surface area contributed by atoms with E-state index in [1.54, 1.807) is 0 Å². The number of aromatic nitrogens is 3. The van der Waals surface area contributed by atoms with Crippen LogP contribution in [0.1, 0.15) is 12.7 Å². The van der Waals surface area contributed by atoms with Crippen molar-refractivity contribution in [1.82, 2.24) is 14.5 Å². The molecule has 0 spiro atoms. The number of rotatable bonds is 6. The highest BCUT2D eigenvalue weighted by atomic mass is 16.5.